The molecule has 318 valence electrons. The zero-order valence-electron chi connectivity index (χ0n) is 36.1. The maximum Gasteiger partial charge on any atom is 0.425 e. The van der Waals surface area contributed by atoms with Crippen molar-refractivity contribution in [3.63, 3.8) is 0 Å². The lowest BCUT2D eigenvalue weighted by Gasteiger charge is -2.43. The summed E-state index contributed by atoms with van der Waals surface area (Å²) < 4.78 is 30.7. The standard InChI is InChI=1S/C42H57N9O8/c1-12-21-56-33-22-28(13-14-32(33)48-19-17-47(18-20-48)29-25-55-26-29)50(37(52)57-40(3,4)5)36-35-43-15-16-49(35)24-31(46-36)30-23-44-27(2)34(45-30)51(38(53)58-41(6,7)8)39(54)59-42(9,10)11/h13-16,22-24,29H,12,17-21,25-26H2,1-11H3. The molecule has 0 N–H and O–H groups in total. The van der Waals surface area contributed by atoms with Crippen LogP contribution in [-0.4, -0.2) is 116 Å². The van der Waals surface area contributed by atoms with Gasteiger partial charge in [-0.3, -0.25) is 9.88 Å². The van der Waals surface area contributed by atoms with Crippen molar-refractivity contribution in [3.8, 4) is 17.1 Å². The van der Waals surface area contributed by atoms with Gasteiger partial charge in [0.1, 0.15) is 33.9 Å². The molecule has 0 atom stereocenters. The van der Waals surface area contributed by atoms with Gasteiger partial charge < -0.3 is 33.0 Å². The number of hydrogen-bond donors (Lipinski definition) is 0. The number of anilines is 4. The first-order valence-corrected chi connectivity index (χ1v) is 20.0. The van der Waals surface area contributed by atoms with E-state index in [0.29, 0.717) is 29.7 Å². The summed E-state index contributed by atoms with van der Waals surface area (Å²) in [6.07, 6.45) is 4.54. The smallest absolute Gasteiger partial charge is 0.425 e. The number of amides is 3. The van der Waals surface area contributed by atoms with Gasteiger partial charge in [-0.2, -0.15) is 4.90 Å². The number of hydrogen-bond acceptors (Lipinski definition) is 14. The Hall–Kier alpha value is -5.55. The highest BCUT2D eigenvalue weighted by molar-refractivity contribution is 6.09. The minimum Gasteiger partial charge on any atom is -0.491 e. The lowest BCUT2D eigenvalue weighted by atomic mass is 10.1. The fourth-order valence-corrected chi connectivity index (χ4v) is 6.44. The number of ether oxygens (including phenoxy) is 5. The third-order valence-corrected chi connectivity index (χ3v) is 9.16. The van der Waals surface area contributed by atoms with Crippen molar-refractivity contribution in [2.45, 2.75) is 105 Å². The minimum absolute atomic E-state index is 0.112. The highest BCUT2D eigenvalue weighted by Gasteiger charge is 2.36. The number of aryl methyl sites for hydroxylation is 1. The van der Waals surface area contributed by atoms with Crippen LogP contribution in [0.1, 0.15) is 81.4 Å². The molecule has 0 spiro atoms. The number of piperazine rings is 1. The number of fused-ring (bicyclic) bond motifs is 1. The molecule has 2 saturated heterocycles. The van der Waals surface area contributed by atoms with Gasteiger partial charge in [0.2, 0.25) is 0 Å². The van der Waals surface area contributed by atoms with Gasteiger partial charge in [0, 0.05) is 50.8 Å². The molecule has 5 heterocycles. The fourth-order valence-electron chi connectivity index (χ4n) is 6.44. The summed E-state index contributed by atoms with van der Waals surface area (Å²) in [6, 6.07) is 6.11. The van der Waals surface area contributed by atoms with Gasteiger partial charge in [0.25, 0.3) is 0 Å². The van der Waals surface area contributed by atoms with Gasteiger partial charge in [-0.15, -0.1) is 0 Å². The first kappa shape index (κ1) is 43.0. The number of carbonyl (C=O) groups excluding carboxylic acids is 3. The molecule has 17 heteroatoms. The second kappa shape index (κ2) is 17.0. The number of nitrogens with zero attached hydrogens (tertiary/aromatic N) is 9. The maximum atomic E-state index is 14.4. The number of rotatable bonds is 9. The molecule has 2 aliphatic rings. The van der Waals surface area contributed by atoms with E-state index in [1.165, 1.54) is 11.1 Å². The normalized spacial score (nSPS) is 15.4. The van der Waals surface area contributed by atoms with Crippen LogP contribution >= 0.6 is 0 Å². The van der Waals surface area contributed by atoms with Crippen LogP contribution in [0.4, 0.5) is 37.4 Å². The van der Waals surface area contributed by atoms with E-state index in [1.807, 2.05) is 25.1 Å². The van der Waals surface area contributed by atoms with Crippen molar-refractivity contribution in [1.82, 2.24) is 29.2 Å². The fraction of sp³-hybridized carbons (Fsp3) is 0.548. The summed E-state index contributed by atoms with van der Waals surface area (Å²) in [5.74, 6) is 0.638. The largest absolute Gasteiger partial charge is 0.491 e. The molecule has 4 aromatic rings. The van der Waals surface area contributed by atoms with E-state index in [-0.39, 0.29) is 28.7 Å². The highest BCUT2D eigenvalue weighted by atomic mass is 16.6. The van der Waals surface area contributed by atoms with Crippen molar-refractivity contribution < 1.29 is 38.1 Å². The Bertz CT molecular complexity index is 2130. The Labute approximate surface area is 345 Å². The third kappa shape index (κ3) is 10.4. The molecule has 0 saturated carbocycles. The first-order valence-electron chi connectivity index (χ1n) is 20.0. The van der Waals surface area contributed by atoms with Crippen molar-refractivity contribution in [2.75, 3.05) is 60.7 Å². The summed E-state index contributed by atoms with van der Waals surface area (Å²) in [6.45, 7) is 24.6. The number of carbonyl (C=O) groups is 3. The van der Waals surface area contributed by atoms with Gasteiger partial charge in [0.15, 0.2) is 17.3 Å². The number of imidazole rings is 1. The molecule has 59 heavy (non-hydrogen) atoms. The number of imide groups is 1. The van der Waals surface area contributed by atoms with Crippen LogP contribution in [0.2, 0.25) is 0 Å². The van der Waals surface area contributed by atoms with Gasteiger partial charge in [0.05, 0.1) is 49.1 Å². The maximum absolute atomic E-state index is 14.4. The molecule has 0 bridgehead atoms. The predicted molar refractivity (Wildman–Crippen MR) is 223 cm³/mol. The Morgan fingerprint density at radius 3 is 2.00 bits per heavy atom. The van der Waals surface area contributed by atoms with Gasteiger partial charge in [-0.1, -0.05) is 6.92 Å². The monoisotopic (exact) mass is 815 g/mol. The van der Waals surface area contributed by atoms with Crippen LogP contribution in [0, 0.1) is 6.92 Å². The van der Waals surface area contributed by atoms with E-state index in [0.717, 1.165) is 56.4 Å². The summed E-state index contributed by atoms with van der Waals surface area (Å²) in [7, 11) is 0. The molecule has 0 radical (unpaired) electrons. The summed E-state index contributed by atoms with van der Waals surface area (Å²) in [4.78, 5) is 67.3. The molecule has 0 aliphatic carbocycles. The van der Waals surface area contributed by atoms with Gasteiger partial charge in [-0.05, 0) is 87.8 Å². The van der Waals surface area contributed by atoms with Crippen LogP contribution in [0.5, 0.6) is 5.75 Å². The number of benzene rings is 1. The van der Waals surface area contributed by atoms with E-state index in [1.54, 1.807) is 92.2 Å². The number of aromatic nitrogens is 5. The van der Waals surface area contributed by atoms with Crippen molar-refractivity contribution in [2.24, 2.45) is 0 Å². The molecule has 6 rings (SSSR count). The molecule has 2 aliphatic heterocycles. The second-order valence-electron chi connectivity index (χ2n) is 17.6. The Balaban J connectivity index is 1.45. The average molecular weight is 816 g/mol. The van der Waals surface area contributed by atoms with Crippen molar-refractivity contribution in [3.05, 3.63) is 48.7 Å². The molecule has 0 unspecified atom stereocenters. The molecule has 3 amide bonds. The molecule has 2 fully saturated rings. The summed E-state index contributed by atoms with van der Waals surface area (Å²) in [5.41, 5.74) is -0.364. The zero-order valence-corrected chi connectivity index (χ0v) is 36.1. The Morgan fingerprint density at radius 1 is 0.814 bits per heavy atom. The van der Waals surface area contributed by atoms with E-state index >= 15 is 0 Å². The van der Waals surface area contributed by atoms with E-state index in [9.17, 15) is 14.4 Å². The molecular formula is C42H57N9O8. The second-order valence-corrected chi connectivity index (χ2v) is 17.6. The quantitative estimate of drug-likeness (QED) is 0.152. The van der Waals surface area contributed by atoms with Gasteiger partial charge in [-0.25, -0.2) is 34.2 Å². The minimum atomic E-state index is -0.990. The van der Waals surface area contributed by atoms with Crippen LogP contribution in [0.15, 0.2) is 43.0 Å². The first-order chi connectivity index (χ1) is 27.7. The topological polar surface area (TPSA) is 166 Å². The zero-order chi connectivity index (χ0) is 42.9. The lowest BCUT2D eigenvalue weighted by molar-refractivity contribution is -0.0660. The average Bonchev–Trinajstić information content (AvgIpc) is 3.58. The molecule has 17 nitrogen and oxygen atoms in total. The third-order valence-electron chi connectivity index (χ3n) is 9.16. The summed E-state index contributed by atoms with van der Waals surface area (Å²) >= 11 is 0. The highest BCUT2D eigenvalue weighted by Crippen LogP contribution is 2.39. The van der Waals surface area contributed by atoms with Gasteiger partial charge >= 0.3 is 18.3 Å². The van der Waals surface area contributed by atoms with E-state index in [2.05, 4.69) is 19.8 Å². The van der Waals surface area contributed by atoms with Crippen molar-refractivity contribution in [1.29, 1.82) is 0 Å². The lowest BCUT2D eigenvalue weighted by Crippen LogP contribution is -2.56. The van der Waals surface area contributed by atoms with Crippen LogP contribution < -0.4 is 19.4 Å². The molecule has 1 aromatic carbocycles. The molecule has 3 aromatic heterocycles. The predicted octanol–water partition coefficient (Wildman–Crippen LogP) is 7.55. The SMILES string of the molecule is CCCOc1cc(N(C(=O)OC(C)(C)C)c2nc(-c3cnc(C)c(N(C(=O)OC(C)(C)C)C(=O)OC(C)(C)C)n3)cn3ccnc23)ccc1N1CCN(C2COC2)CC1. The van der Waals surface area contributed by atoms with Crippen LogP contribution in [0.3, 0.4) is 0 Å². The van der Waals surface area contributed by atoms with Crippen LogP contribution in [0.25, 0.3) is 17.0 Å². The van der Waals surface area contributed by atoms with Crippen LogP contribution in [-0.2, 0) is 18.9 Å². The van der Waals surface area contributed by atoms with E-state index < -0.39 is 35.1 Å². The molecular weight excluding hydrogens is 759 g/mol. The Kier molecular flexibility index (Phi) is 12.4. The summed E-state index contributed by atoms with van der Waals surface area (Å²) in [5, 5.41) is 0. The van der Waals surface area contributed by atoms with E-state index in [4.69, 9.17) is 33.7 Å². The Morgan fingerprint density at radius 2 is 1.42 bits per heavy atom. The van der Waals surface area contributed by atoms with Crippen molar-refractivity contribution >= 4 is 46.9 Å².